The highest BCUT2D eigenvalue weighted by atomic mass is 16.5. The molecular weight excluding hydrogens is 204 g/mol. The predicted octanol–water partition coefficient (Wildman–Crippen LogP) is 1.18. The lowest BCUT2D eigenvalue weighted by molar-refractivity contribution is 0.0530. The Morgan fingerprint density at radius 2 is 2.44 bits per heavy atom. The van der Waals surface area contributed by atoms with Crippen molar-refractivity contribution in [2.75, 3.05) is 24.6 Å². The van der Waals surface area contributed by atoms with E-state index < -0.39 is 0 Å². The molecule has 0 radical (unpaired) electrons. The van der Waals surface area contributed by atoms with E-state index in [2.05, 4.69) is 26.8 Å². The van der Waals surface area contributed by atoms with Gasteiger partial charge in [-0.2, -0.15) is 0 Å². The largest absolute Gasteiger partial charge is 0.375 e. The van der Waals surface area contributed by atoms with Gasteiger partial charge in [0.15, 0.2) is 0 Å². The fourth-order valence-electron chi connectivity index (χ4n) is 2.12. The number of morpholine rings is 1. The molecule has 2 aromatic rings. The fourth-order valence-corrected chi connectivity index (χ4v) is 2.12. The molecule has 0 spiro atoms. The Balaban J connectivity index is 2.01. The summed E-state index contributed by atoms with van der Waals surface area (Å²) >= 11 is 0. The lowest BCUT2D eigenvalue weighted by Gasteiger charge is -2.32. The van der Waals surface area contributed by atoms with Crippen LogP contribution in [0.2, 0.25) is 0 Å². The fraction of sp³-hybridized carbons (Fsp3) is 0.455. The second kappa shape index (κ2) is 3.75. The minimum atomic E-state index is 0.262. The number of anilines is 1. The number of hydrogen-bond donors (Lipinski definition) is 1. The summed E-state index contributed by atoms with van der Waals surface area (Å²) in [6.07, 6.45) is 3.76. The SMILES string of the molecule is CC1CN(c2ncnc3[nH]ccc23)CCO1. The molecular formula is C11H14N4O. The van der Waals surface area contributed by atoms with Gasteiger partial charge in [0.25, 0.3) is 0 Å². The average molecular weight is 218 g/mol. The highest BCUT2D eigenvalue weighted by molar-refractivity contribution is 5.87. The molecule has 0 aromatic carbocycles. The van der Waals surface area contributed by atoms with Crippen LogP contribution in [-0.4, -0.2) is 40.8 Å². The monoisotopic (exact) mass is 218 g/mol. The summed E-state index contributed by atoms with van der Waals surface area (Å²) in [6, 6.07) is 2.02. The summed E-state index contributed by atoms with van der Waals surface area (Å²) in [5, 5.41) is 1.08. The molecule has 2 aromatic heterocycles. The number of ether oxygens (including phenoxy) is 1. The van der Waals surface area contributed by atoms with Crippen molar-refractivity contribution < 1.29 is 4.74 Å². The van der Waals surface area contributed by atoms with Crippen LogP contribution >= 0.6 is 0 Å². The van der Waals surface area contributed by atoms with Crippen molar-refractivity contribution in [2.45, 2.75) is 13.0 Å². The van der Waals surface area contributed by atoms with Gasteiger partial charge >= 0.3 is 0 Å². The summed E-state index contributed by atoms with van der Waals surface area (Å²) in [4.78, 5) is 13.9. The van der Waals surface area contributed by atoms with Crippen LogP contribution in [0, 0.1) is 0 Å². The third-order valence-corrected chi connectivity index (χ3v) is 2.87. The van der Waals surface area contributed by atoms with Crippen molar-refractivity contribution in [3.63, 3.8) is 0 Å². The first-order valence-electron chi connectivity index (χ1n) is 5.49. The van der Waals surface area contributed by atoms with Gasteiger partial charge in [-0.05, 0) is 13.0 Å². The molecule has 0 aliphatic carbocycles. The number of fused-ring (bicyclic) bond motifs is 1. The number of hydrogen-bond acceptors (Lipinski definition) is 4. The lowest BCUT2D eigenvalue weighted by Crippen LogP contribution is -2.41. The standard InChI is InChI=1S/C11H14N4O/c1-8-6-15(4-5-16-8)11-9-2-3-12-10(9)13-7-14-11/h2-3,7-8H,4-6H2,1H3,(H,12,13,14). The van der Waals surface area contributed by atoms with E-state index in [9.17, 15) is 0 Å². The van der Waals surface area contributed by atoms with Crippen LogP contribution in [0.4, 0.5) is 5.82 Å². The molecule has 5 heteroatoms. The first kappa shape index (κ1) is 9.59. The Morgan fingerprint density at radius 1 is 1.50 bits per heavy atom. The molecule has 1 unspecified atom stereocenters. The van der Waals surface area contributed by atoms with Crippen molar-refractivity contribution in [3.8, 4) is 0 Å². The predicted molar refractivity (Wildman–Crippen MR) is 61.5 cm³/mol. The zero-order valence-electron chi connectivity index (χ0n) is 9.18. The maximum atomic E-state index is 5.53. The lowest BCUT2D eigenvalue weighted by atomic mass is 10.2. The molecule has 0 saturated carbocycles. The van der Waals surface area contributed by atoms with E-state index in [-0.39, 0.29) is 6.10 Å². The molecule has 3 rings (SSSR count). The molecule has 16 heavy (non-hydrogen) atoms. The third kappa shape index (κ3) is 1.53. The van der Waals surface area contributed by atoms with Crippen molar-refractivity contribution in [1.82, 2.24) is 15.0 Å². The molecule has 3 heterocycles. The van der Waals surface area contributed by atoms with Crippen LogP contribution < -0.4 is 4.90 Å². The number of nitrogens with one attached hydrogen (secondary N) is 1. The molecule has 0 amide bonds. The molecule has 0 bridgehead atoms. The summed E-state index contributed by atoms with van der Waals surface area (Å²) in [6.45, 7) is 4.62. The van der Waals surface area contributed by atoms with E-state index >= 15 is 0 Å². The van der Waals surface area contributed by atoms with Crippen LogP contribution in [0.15, 0.2) is 18.6 Å². The quantitative estimate of drug-likeness (QED) is 0.781. The van der Waals surface area contributed by atoms with E-state index in [0.717, 1.165) is 36.5 Å². The van der Waals surface area contributed by atoms with Crippen molar-refractivity contribution >= 4 is 16.9 Å². The molecule has 5 nitrogen and oxygen atoms in total. The van der Waals surface area contributed by atoms with Gasteiger partial charge in [0.1, 0.15) is 17.8 Å². The number of aromatic amines is 1. The summed E-state index contributed by atoms with van der Waals surface area (Å²) in [5.41, 5.74) is 0.893. The molecule has 84 valence electrons. The minimum Gasteiger partial charge on any atom is -0.375 e. The van der Waals surface area contributed by atoms with Crippen LogP contribution in [-0.2, 0) is 4.74 Å². The number of H-pyrrole nitrogens is 1. The summed E-state index contributed by atoms with van der Waals surface area (Å²) in [7, 11) is 0. The topological polar surface area (TPSA) is 54.0 Å². The first-order valence-corrected chi connectivity index (χ1v) is 5.49. The van der Waals surface area contributed by atoms with Crippen molar-refractivity contribution in [1.29, 1.82) is 0 Å². The normalized spacial score (nSPS) is 21.6. The zero-order valence-corrected chi connectivity index (χ0v) is 9.18. The van der Waals surface area contributed by atoms with Gasteiger partial charge in [0, 0.05) is 19.3 Å². The smallest absolute Gasteiger partial charge is 0.142 e. The van der Waals surface area contributed by atoms with E-state index in [4.69, 9.17) is 4.74 Å². The van der Waals surface area contributed by atoms with Gasteiger partial charge in [0.2, 0.25) is 0 Å². The number of rotatable bonds is 1. The van der Waals surface area contributed by atoms with Gasteiger partial charge in [-0.25, -0.2) is 9.97 Å². The van der Waals surface area contributed by atoms with Crippen LogP contribution in [0.25, 0.3) is 11.0 Å². The van der Waals surface area contributed by atoms with Gasteiger partial charge in [-0.1, -0.05) is 0 Å². The maximum absolute atomic E-state index is 5.53. The van der Waals surface area contributed by atoms with Gasteiger partial charge in [0.05, 0.1) is 18.1 Å². The Hall–Kier alpha value is -1.62. The van der Waals surface area contributed by atoms with E-state index in [1.54, 1.807) is 6.33 Å². The van der Waals surface area contributed by atoms with Gasteiger partial charge in [-0.15, -0.1) is 0 Å². The Labute approximate surface area is 93.5 Å². The van der Waals surface area contributed by atoms with Gasteiger partial charge < -0.3 is 14.6 Å². The molecule has 1 N–H and O–H groups in total. The highest BCUT2D eigenvalue weighted by Gasteiger charge is 2.19. The van der Waals surface area contributed by atoms with Crippen LogP contribution in [0.3, 0.4) is 0 Å². The van der Waals surface area contributed by atoms with E-state index in [1.807, 2.05) is 12.3 Å². The number of nitrogens with zero attached hydrogens (tertiary/aromatic N) is 3. The second-order valence-electron chi connectivity index (χ2n) is 4.06. The van der Waals surface area contributed by atoms with Gasteiger partial charge in [-0.3, -0.25) is 0 Å². The van der Waals surface area contributed by atoms with E-state index in [1.165, 1.54) is 0 Å². The molecule has 1 fully saturated rings. The van der Waals surface area contributed by atoms with E-state index in [0.29, 0.717) is 0 Å². The molecule has 1 aliphatic rings. The first-order chi connectivity index (χ1) is 7.84. The van der Waals surface area contributed by atoms with Crippen LogP contribution in [0.5, 0.6) is 0 Å². The average Bonchev–Trinajstić information content (AvgIpc) is 2.76. The maximum Gasteiger partial charge on any atom is 0.142 e. The molecule has 1 atom stereocenters. The summed E-state index contributed by atoms with van der Waals surface area (Å²) < 4.78 is 5.53. The third-order valence-electron chi connectivity index (χ3n) is 2.87. The highest BCUT2D eigenvalue weighted by Crippen LogP contribution is 2.23. The molecule has 1 saturated heterocycles. The Bertz CT molecular complexity index is 495. The second-order valence-corrected chi connectivity index (χ2v) is 4.06. The van der Waals surface area contributed by atoms with Crippen molar-refractivity contribution in [2.24, 2.45) is 0 Å². The summed E-state index contributed by atoms with van der Waals surface area (Å²) in [5.74, 6) is 1.00. The minimum absolute atomic E-state index is 0.262. The van der Waals surface area contributed by atoms with Crippen LogP contribution in [0.1, 0.15) is 6.92 Å². The Morgan fingerprint density at radius 3 is 3.31 bits per heavy atom. The Kier molecular flexibility index (Phi) is 2.25. The van der Waals surface area contributed by atoms with Crippen molar-refractivity contribution in [3.05, 3.63) is 18.6 Å². The zero-order chi connectivity index (χ0) is 11.0. The molecule has 1 aliphatic heterocycles. The number of aromatic nitrogens is 3.